The molecule has 0 fully saturated rings. The predicted molar refractivity (Wildman–Crippen MR) is 74.8 cm³/mol. The predicted octanol–water partition coefficient (Wildman–Crippen LogP) is 2.29. The molecule has 21 heavy (non-hydrogen) atoms. The largest absolute Gasteiger partial charge is 0.396 e. The minimum absolute atomic E-state index is 0.149. The number of nitrogen functional groups attached to an aromatic ring is 1. The number of non-ortho nitro benzene ring substituents is 1. The molecule has 8 heteroatoms. The highest BCUT2D eigenvalue weighted by Gasteiger charge is 2.18. The summed E-state index contributed by atoms with van der Waals surface area (Å²) in [6.45, 7) is 0. The fourth-order valence-electron chi connectivity index (χ4n) is 1.76. The molecule has 0 unspecified atom stereocenters. The van der Waals surface area contributed by atoms with Crippen LogP contribution in [0.3, 0.4) is 0 Å². The second-order valence-electron chi connectivity index (χ2n) is 4.37. The van der Waals surface area contributed by atoms with Crippen molar-refractivity contribution in [3.63, 3.8) is 0 Å². The standard InChI is InChI=1S/C13H11FN2O4S/c14-12-7-11(4-5-13(12)15)21(19,20)8-9-2-1-3-10(6-9)16(17)18/h1-7H,8,15H2. The average Bonchev–Trinajstić information content (AvgIpc) is 2.41. The van der Waals surface area contributed by atoms with Crippen LogP contribution in [0.2, 0.25) is 0 Å². The number of rotatable bonds is 4. The van der Waals surface area contributed by atoms with Crippen molar-refractivity contribution in [1.82, 2.24) is 0 Å². The van der Waals surface area contributed by atoms with Crippen molar-refractivity contribution >= 4 is 21.2 Å². The maximum atomic E-state index is 13.3. The van der Waals surface area contributed by atoms with Crippen molar-refractivity contribution in [3.8, 4) is 0 Å². The van der Waals surface area contributed by atoms with Gasteiger partial charge in [-0.2, -0.15) is 0 Å². The van der Waals surface area contributed by atoms with Crippen LogP contribution in [0.25, 0.3) is 0 Å². The highest BCUT2D eigenvalue weighted by Crippen LogP contribution is 2.22. The Bertz CT molecular complexity index is 806. The molecule has 0 spiro atoms. The molecule has 0 saturated heterocycles. The molecule has 0 radical (unpaired) electrons. The van der Waals surface area contributed by atoms with Gasteiger partial charge in [0.05, 0.1) is 21.3 Å². The molecular formula is C13H11FN2O4S. The first-order valence-corrected chi connectivity index (χ1v) is 7.46. The van der Waals surface area contributed by atoms with E-state index in [-0.39, 0.29) is 21.8 Å². The molecule has 0 aliphatic rings. The highest BCUT2D eigenvalue weighted by atomic mass is 32.2. The summed E-state index contributed by atoms with van der Waals surface area (Å²) in [5, 5.41) is 10.7. The number of hydrogen-bond acceptors (Lipinski definition) is 5. The smallest absolute Gasteiger partial charge is 0.269 e. The zero-order chi connectivity index (χ0) is 15.6. The van der Waals surface area contributed by atoms with E-state index in [2.05, 4.69) is 0 Å². The van der Waals surface area contributed by atoms with Gasteiger partial charge < -0.3 is 5.73 Å². The van der Waals surface area contributed by atoms with Gasteiger partial charge in [-0.3, -0.25) is 10.1 Å². The lowest BCUT2D eigenvalue weighted by Gasteiger charge is -2.06. The van der Waals surface area contributed by atoms with Crippen LogP contribution in [0.5, 0.6) is 0 Å². The minimum Gasteiger partial charge on any atom is -0.396 e. The summed E-state index contributed by atoms with van der Waals surface area (Å²) >= 11 is 0. The quantitative estimate of drug-likeness (QED) is 0.530. The first-order chi connectivity index (χ1) is 9.79. The topological polar surface area (TPSA) is 103 Å². The molecule has 2 N–H and O–H groups in total. The molecule has 0 amide bonds. The molecule has 2 aromatic rings. The van der Waals surface area contributed by atoms with Crippen LogP contribution in [-0.2, 0) is 15.6 Å². The van der Waals surface area contributed by atoms with Gasteiger partial charge in [-0.1, -0.05) is 12.1 Å². The van der Waals surface area contributed by atoms with Gasteiger partial charge in [-0.15, -0.1) is 0 Å². The minimum atomic E-state index is -3.81. The second-order valence-corrected chi connectivity index (χ2v) is 6.36. The third-order valence-corrected chi connectivity index (χ3v) is 4.49. The highest BCUT2D eigenvalue weighted by molar-refractivity contribution is 7.90. The van der Waals surface area contributed by atoms with E-state index in [1.54, 1.807) is 0 Å². The fraction of sp³-hybridized carbons (Fsp3) is 0.0769. The molecule has 0 atom stereocenters. The van der Waals surface area contributed by atoms with Gasteiger partial charge in [0.25, 0.3) is 5.69 Å². The van der Waals surface area contributed by atoms with E-state index in [1.165, 1.54) is 30.3 Å². The Morgan fingerprint density at radius 3 is 2.52 bits per heavy atom. The maximum Gasteiger partial charge on any atom is 0.269 e. The number of hydrogen-bond donors (Lipinski definition) is 1. The van der Waals surface area contributed by atoms with Gasteiger partial charge in [-0.25, -0.2) is 12.8 Å². The van der Waals surface area contributed by atoms with E-state index in [0.29, 0.717) is 0 Å². The summed E-state index contributed by atoms with van der Waals surface area (Å²) < 4.78 is 37.7. The number of nitrogens with zero attached hydrogens (tertiary/aromatic N) is 1. The Labute approximate surface area is 120 Å². The number of halogens is 1. The molecule has 0 aromatic heterocycles. The van der Waals surface area contributed by atoms with Crippen LogP contribution < -0.4 is 5.73 Å². The van der Waals surface area contributed by atoms with E-state index in [0.717, 1.165) is 12.1 Å². The van der Waals surface area contributed by atoms with Gasteiger partial charge in [0.2, 0.25) is 0 Å². The number of nitro benzene ring substituents is 1. The zero-order valence-electron chi connectivity index (χ0n) is 10.7. The monoisotopic (exact) mass is 310 g/mol. The van der Waals surface area contributed by atoms with Crippen molar-refractivity contribution < 1.29 is 17.7 Å². The molecule has 6 nitrogen and oxygen atoms in total. The van der Waals surface area contributed by atoms with Crippen molar-refractivity contribution in [2.75, 3.05) is 5.73 Å². The third-order valence-electron chi connectivity index (χ3n) is 2.81. The summed E-state index contributed by atoms with van der Waals surface area (Å²) in [7, 11) is -3.81. The van der Waals surface area contributed by atoms with Crippen molar-refractivity contribution in [1.29, 1.82) is 0 Å². The van der Waals surface area contributed by atoms with Gasteiger partial charge in [0, 0.05) is 12.1 Å². The second kappa shape index (κ2) is 5.49. The van der Waals surface area contributed by atoms with Gasteiger partial charge in [-0.05, 0) is 23.8 Å². The lowest BCUT2D eigenvalue weighted by molar-refractivity contribution is -0.384. The average molecular weight is 310 g/mol. The summed E-state index contributed by atoms with van der Waals surface area (Å²) in [6.07, 6.45) is 0. The Balaban J connectivity index is 2.35. The molecule has 0 saturated carbocycles. The van der Waals surface area contributed by atoms with E-state index < -0.39 is 26.3 Å². The third kappa shape index (κ3) is 3.34. The molecule has 0 bridgehead atoms. The molecular weight excluding hydrogens is 299 g/mol. The Morgan fingerprint density at radius 1 is 1.19 bits per heavy atom. The summed E-state index contributed by atoms with van der Waals surface area (Å²) in [5.74, 6) is -1.28. The molecule has 0 aliphatic heterocycles. The Morgan fingerprint density at radius 2 is 1.90 bits per heavy atom. The van der Waals surface area contributed by atoms with Gasteiger partial charge in [0.1, 0.15) is 5.82 Å². The number of anilines is 1. The van der Waals surface area contributed by atoms with Crippen LogP contribution >= 0.6 is 0 Å². The molecule has 110 valence electrons. The van der Waals surface area contributed by atoms with Gasteiger partial charge >= 0.3 is 0 Å². The molecule has 0 heterocycles. The van der Waals surface area contributed by atoms with Crippen LogP contribution in [-0.4, -0.2) is 13.3 Å². The molecule has 0 aliphatic carbocycles. The first-order valence-electron chi connectivity index (χ1n) is 5.81. The summed E-state index contributed by atoms with van der Waals surface area (Å²) in [4.78, 5) is 9.83. The van der Waals surface area contributed by atoms with Crippen molar-refractivity contribution in [2.24, 2.45) is 0 Å². The van der Waals surface area contributed by atoms with Crippen LogP contribution in [0, 0.1) is 15.9 Å². The number of benzene rings is 2. The van der Waals surface area contributed by atoms with Crippen molar-refractivity contribution in [3.05, 3.63) is 64.0 Å². The summed E-state index contributed by atoms with van der Waals surface area (Å²) in [5.41, 5.74) is 5.19. The lowest BCUT2D eigenvalue weighted by atomic mass is 10.2. The van der Waals surface area contributed by atoms with Crippen LogP contribution in [0.4, 0.5) is 15.8 Å². The Kier molecular flexibility index (Phi) is 3.90. The number of sulfone groups is 1. The fourth-order valence-corrected chi connectivity index (χ4v) is 3.11. The van der Waals surface area contributed by atoms with E-state index >= 15 is 0 Å². The van der Waals surface area contributed by atoms with E-state index in [1.807, 2.05) is 0 Å². The SMILES string of the molecule is Nc1ccc(S(=O)(=O)Cc2cccc([N+](=O)[O-])c2)cc1F. The van der Waals surface area contributed by atoms with Crippen LogP contribution in [0.15, 0.2) is 47.4 Å². The number of nitro groups is 1. The molecule has 2 aromatic carbocycles. The van der Waals surface area contributed by atoms with E-state index in [9.17, 15) is 22.9 Å². The van der Waals surface area contributed by atoms with Crippen molar-refractivity contribution in [2.45, 2.75) is 10.6 Å². The summed E-state index contributed by atoms with van der Waals surface area (Å²) in [6, 6.07) is 8.48. The normalized spacial score (nSPS) is 11.3. The number of nitrogens with two attached hydrogens (primary N) is 1. The van der Waals surface area contributed by atoms with E-state index in [4.69, 9.17) is 5.73 Å². The maximum absolute atomic E-state index is 13.3. The lowest BCUT2D eigenvalue weighted by Crippen LogP contribution is -2.06. The Hall–Kier alpha value is -2.48. The zero-order valence-corrected chi connectivity index (χ0v) is 11.5. The van der Waals surface area contributed by atoms with Gasteiger partial charge in [0.15, 0.2) is 9.84 Å². The molecule has 2 rings (SSSR count). The first kappa shape index (κ1) is 14.9. The van der Waals surface area contributed by atoms with Crippen LogP contribution in [0.1, 0.15) is 5.56 Å².